The summed E-state index contributed by atoms with van der Waals surface area (Å²) in [7, 11) is 0. The van der Waals surface area contributed by atoms with Crippen LogP contribution < -0.4 is 60.8 Å². The maximum atomic E-state index is 11.7. The number of esters is 3. The summed E-state index contributed by atoms with van der Waals surface area (Å²) >= 11 is 0. The van der Waals surface area contributed by atoms with Crippen molar-refractivity contribution in [1.29, 1.82) is 5.41 Å². The van der Waals surface area contributed by atoms with Crippen LogP contribution in [0, 0.1) is 11.3 Å². The van der Waals surface area contributed by atoms with Crippen molar-refractivity contribution in [3.63, 3.8) is 0 Å². The molecule has 0 bridgehead atoms. The van der Waals surface area contributed by atoms with Crippen molar-refractivity contribution < 1.29 is 68.3 Å². The largest absolute Gasteiger partial charge is 0.480 e. The van der Waals surface area contributed by atoms with E-state index in [1.165, 1.54) is 19.1 Å². The van der Waals surface area contributed by atoms with Crippen LogP contribution in [0.15, 0.2) is 24.3 Å². The van der Waals surface area contributed by atoms with Crippen LogP contribution in [-0.2, 0) is 49.5 Å². The Kier molecular flexibility index (Phi) is 30.9. The summed E-state index contributed by atoms with van der Waals surface area (Å²) in [5.74, 6) is -5.95. The Balaban J connectivity index is 0. The van der Waals surface area contributed by atoms with Crippen molar-refractivity contribution in [2.45, 2.75) is 121 Å². The average Bonchev–Trinajstić information content (AvgIpc) is 3.96. The van der Waals surface area contributed by atoms with Gasteiger partial charge in [-0.1, -0.05) is 26.0 Å². The lowest BCUT2D eigenvalue weighted by molar-refractivity contribution is -0.161. The zero-order valence-corrected chi connectivity index (χ0v) is 35.8. The number of nitrogens with two attached hydrogens (primary N) is 7. The van der Waals surface area contributed by atoms with Gasteiger partial charge in [-0.15, -0.1) is 0 Å². The number of primary amides is 1. The van der Waals surface area contributed by atoms with E-state index >= 15 is 0 Å². The first-order chi connectivity index (χ1) is 29.3. The van der Waals surface area contributed by atoms with E-state index < -0.39 is 77.9 Å². The molecule has 0 unspecified atom stereocenters. The van der Waals surface area contributed by atoms with Gasteiger partial charge in [-0.05, 0) is 95.0 Å². The van der Waals surface area contributed by atoms with Crippen molar-refractivity contribution in [1.82, 2.24) is 16.0 Å². The smallest absolute Gasteiger partial charge is 0.330 e. The van der Waals surface area contributed by atoms with Crippen LogP contribution in [0.2, 0.25) is 0 Å². The van der Waals surface area contributed by atoms with Crippen LogP contribution in [0.25, 0.3) is 0 Å². The average molecular weight is 902 g/mol. The number of hydrogen-bond donors (Lipinski definition) is 15. The van der Waals surface area contributed by atoms with E-state index in [0.717, 1.165) is 38.8 Å². The molecule has 25 nitrogen and oxygen atoms in total. The number of carboxylic acid groups (broad SMARTS) is 4. The van der Waals surface area contributed by atoms with Crippen LogP contribution in [0.3, 0.4) is 0 Å². The molecule has 25 heteroatoms. The number of benzene rings is 1. The number of carbonyl (C=O) groups is 8. The number of hydrogen-bond acceptors (Lipinski definition) is 18. The molecule has 2 aliphatic rings. The van der Waals surface area contributed by atoms with Gasteiger partial charge < -0.3 is 86.0 Å². The predicted molar refractivity (Wildman–Crippen MR) is 227 cm³/mol. The van der Waals surface area contributed by atoms with Gasteiger partial charge in [0.25, 0.3) is 0 Å². The molecule has 0 spiro atoms. The van der Waals surface area contributed by atoms with E-state index in [4.69, 9.17) is 70.7 Å². The third-order valence-corrected chi connectivity index (χ3v) is 8.52. The summed E-state index contributed by atoms with van der Waals surface area (Å²) in [6.07, 6.45) is 4.70. The molecule has 22 N–H and O–H groups in total. The number of amides is 1. The van der Waals surface area contributed by atoms with E-state index in [9.17, 15) is 38.4 Å². The topological polar surface area (TPSA) is 478 Å². The van der Waals surface area contributed by atoms with Gasteiger partial charge in [0, 0.05) is 13.0 Å². The van der Waals surface area contributed by atoms with Gasteiger partial charge in [0.15, 0.2) is 5.96 Å². The lowest BCUT2D eigenvalue weighted by Gasteiger charge is -2.11. The van der Waals surface area contributed by atoms with Crippen LogP contribution >= 0.6 is 0 Å². The minimum atomic E-state index is -1.09. The minimum absolute atomic E-state index is 0.00226. The van der Waals surface area contributed by atoms with Crippen molar-refractivity contribution in [2.75, 3.05) is 19.6 Å². The Morgan fingerprint density at radius 2 is 1.27 bits per heavy atom. The first kappa shape index (κ1) is 59.3. The summed E-state index contributed by atoms with van der Waals surface area (Å²) in [6.45, 7) is 7.18. The van der Waals surface area contributed by atoms with Gasteiger partial charge in [0.05, 0.1) is 0 Å². The standard InChI is InChI=1S/C14H19N3O5.C8H14N2O3.C6H14N4O2.C5H9NO2.C5H11NO2/c15-10(5-6-12(17)18)14(21)22-9-3-1-8(2-4-9)7-11(16)13(19)20;1-5(9)7(11)13-8(12)6-3-2-4-10-6;7-4(5(11)12)2-1-3-10-6(8)9;7-5(8)4-2-1-3-6-4;1-3(2)4(6)5(7)8/h1-4,10-11H,5-7,15-16H2,(H2,17,18)(H,19,20);5-6,10H,2-4,9H2,1H3;4H,1-3,7H2,(H,11,12)(H4,8,9,10);4,6H,1-3H2,(H,7,8);3-4H,6H2,1-2H3,(H,7,8)/t10-,11-;5-,6-;3*4-/m00000/s1. The SMILES string of the molecule is CC(C)[C@H](N)C(=O)O.C[C@H](N)C(=O)OC(=O)[C@@H]1CCCN1.N=C(N)NCCC[C@H](N)C(=O)O.NC(=O)CC[C@H](N)C(=O)Oc1ccc(C[C@H](N)C(=O)O)cc1.O=C(O)[C@@H]1CCCN1. The molecule has 358 valence electrons. The summed E-state index contributed by atoms with van der Waals surface area (Å²) < 4.78 is 9.58. The molecule has 2 heterocycles. The lowest BCUT2D eigenvalue weighted by Crippen LogP contribution is -2.38. The number of guanidine groups is 1. The molecule has 3 rings (SSSR count). The van der Waals surface area contributed by atoms with E-state index in [0.29, 0.717) is 24.9 Å². The molecule has 0 saturated carbocycles. The number of aliphatic carboxylic acids is 4. The fraction of sp³-hybridized carbons (Fsp3) is 0.605. The van der Waals surface area contributed by atoms with Crippen LogP contribution in [0.1, 0.15) is 77.7 Å². The highest BCUT2D eigenvalue weighted by Crippen LogP contribution is 2.14. The molecule has 2 saturated heterocycles. The van der Waals surface area contributed by atoms with E-state index in [1.807, 2.05) is 0 Å². The third-order valence-electron chi connectivity index (χ3n) is 8.52. The minimum Gasteiger partial charge on any atom is -0.480 e. The Hall–Kier alpha value is -5.83. The zero-order valence-electron chi connectivity index (χ0n) is 35.8. The number of ether oxygens (including phenoxy) is 2. The normalized spacial score (nSPS) is 17.2. The Morgan fingerprint density at radius 3 is 1.63 bits per heavy atom. The number of carboxylic acids is 4. The molecule has 0 radical (unpaired) electrons. The summed E-state index contributed by atoms with van der Waals surface area (Å²) in [5.41, 5.74) is 37.3. The van der Waals surface area contributed by atoms with E-state index in [-0.39, 0.29) is 49.0 Å². The van der Waals surface area contributed by atoms with Crippen molar-refractivity contribution >= 4 is 53.7 Å². The number of nitrogens with one attached hydrogen (secondary N) is 4. The molecule has 63 heavy (non-hydrogen) atoms. The zero-order chi connectivity index (χ0) is 48.8. The predicted octanol–water partition coefficient (Wildman–Crippen LogP) is -3.17. The Bertz CT molecular complexity index is 1590. The molecule has 1 aromatic carbocycles. The van der Waals surface area contributed by atoms with Crippen molar-refractivity contribution in [3.05, 3.63) is 29.8 Å². The highest BCUT2D eigenvalue weighted by molar-refractivity contribution is 5.90. The molecule has 1 aromatic rings. The van der Waals surface area contributed by atoms with Gasteiger partial charge in [-0.2, -0.15) is 0 Å². The summed E-state index contributed by atoms with van der Waals surface area (Å²) in [5, 5.41) is 48.8. The van der Waals surface area contributed by atoms with Crippen molar-refractivity contribution in [2.24, 2.45) is 46.1 Å². The summed E-state index contributed by atoms with van der Waals surface area (Å²) in [4.78, 5) is 85.4. The molecule has 0 aromatic heterocycles. The number of carbonyl (C=O) groups excluding carboxylic acids is 4. The molecule has 7 atom stereocenters. The van der Waals surface area contributed by atoms with Crippen molar-refractivity contribution in [3.8, 4) is 5.75 Å². The fourth-order valence-electron chi connectivity index (χ4n) is 4.64. The molecule has 2 fully saturated rings. The van der Waals surface area contributed by atoms with Crippen LogP contribution in [-0.4, -0.2) is 136 Å². The second kappa shape index (κ2) is 32.8. The van der Waals surface area contributed by atoms with Gasteiger partial charge in [0.2, 0.25) is 5.91 Å². The highest BCUT2D eigenvalue weighted by atomic mass is 16.6. The molecular formula is C38H67N11O14. The Morgan fingerprint density at radius 1 is 0.746 bits per heavy atom. The molecule has 1 amide bonds. The second-order valence-electron chi connectivity index (χ2n) is 14.5. The monoisotopic (exact) mass is 901 g/mol. The van der Waals surface area contributed by atoms with Gasteiger partial charge in [0.1, 0.15) is 48.0 Å². The number of rotatable bonds is 18. The van der Waals surface area contributed by atoms with Gasteiger partial charge in [-0.3, -0.25) is 29.4 Å². The first-order valence-corrected chi connectivity index (χ1v) is 19.9. The third kappa shape index (κ3) is 30.0. The maximum Gasteiger partial charge on any atom is 0.330 e. The molecular weight excluding hydrogens is 834 g/mol. The second-order valence-corrected chi connectivity index (χ2v) is 14.5. The van der Waals surface area contributed by atoms with Gasteiger partial charge >= 0.3 is 41.8 Å². The Labute approximate surface area is 365 Å². The molecule has 2 aliphatic heterocycles. The lowest BCUT2D eigenvalue weighted by atomic mass is 10.1. The maximum absolute atomic E-state index is 11.7. The van der Waals surface area contributed by atoms with Gasteiger partial charge in [-0.25, -0.2) is 14.4 Å². The van der Waals surface area contributed by atoms with Crippen LogP contribution in [0.5, 0.6) is 5.75 Å². The highest BCUT2D eigenvalue weighted by Gasteiger charge is 2.26. The van der Waals surface area contributed by atoms with E-state index in [1.54, 1.807) is 26.0 Å². The van der Waals surface area contributed by atoms with E-state index in [2.05, 4.69) is 20.7 Å². The quantitative estimate of drug-likeness (QED) is 0.0173. The van der Waals surface area contributed by atoms with Crippen LogP contribution in [0.4, 0.5) is 0 Å². The summed E-state index contributed by atoms with van der Waals surface area (Å²) in [6, 6.07) is 1.45. The fourth-order valence-corrected chi connectivity index (χ4v) is 4.64. The molecule has 0 aliphatic carbocycles. The first-order valence-electron chi connectivity index (χ1n) is 19.9.